The summed E-state index contributed by atoms with van der Waals surface area (Å²) in [6.45, 7) is 4.01. The lowest BCUT2D eigenvalue weighted by Crippen LogP contribution is -2.32. The number of unbranched alkanes of at least 4 members (excludes halogenated alkanes) is 11. The number of aliphatic hydroxyl groups excluding tert-OH is 1. The van der Waals surface area contributed by atoms with E-state index in [2.05, 4.69) is 11.9 Å². The van der Waals surface area contributed by atoms with Gasteiger partial charge in [0, 0.05) is 6.54 Å². The Morgan fingerprint density at radius 3 is 1.90 bits per heavy atom. The van der Waals surface area contributed by atoms with Crippen LogP contribution in [0.3, 0.4) is 0 Å². The van der Waals surface area contributed by atoms with Gasteiger partial charge in [-0.3, -0.25) is 4.99 Å². The zero-order valence-corrected chi connectivity index (χ0v) is 14.1. The molecule has 1 N–H and O–H groups in total. The van der Waals surface area contributed by atoms with Crippen molar-refractivity contribution in [2.24, 2.45) is 4.99 Å². The fraction of sp³-hybridized carbons (Fsp3) is 0.944. The summed E-state index contributed by atoms with van der Waals surface area (Å²) in [5.74, 6) is 0. The number of aliphatic imine (C=N–C) groups is 1. The molecule has 0 saturated heterocycles. The minimum absolute atomic E-state index is 0.306. The third-order valence-electron chi connectivity index (χ3n) is 4.42. The van der Waals surface area contributed by atoms with Gasteiger partial charge in [0.15, 0.2) is 0 Å². The molecule has 0 radical (unpaired) electrons. The van der Waals surface area contributed by atoms with Crippen molar-refractivity contribution < 1.29 is 5.11 Å². The Labute approximate surface area is 131 Å². The summed E-state index contributed by atoms with van der Waals surface area (Å²) in [5, 5.41) is 9.94. The van der Waals surface area contributed by atoms with Crippen LogP contribution in [0.2, 0.25) is 0 Å². The fourth-order valence-electron chi connectivity index (χ4n) is 2.95. The van der Waals surface area contributed by atoms with E-state index < -0.39 is 0 Å². The van der Waals surface area contributed by atoms with Crippen molar-refractivity contribution in [1.82, 2.24) is 4.90 Å². The first-order valence-electron chi connectivity index (χ1n) is 9.28. The lowest BCUT2D eigenvalue weighted by Gasteiger charge is -2.21. The third-order valence-corrected chi connectivity index (χ3v) is 4.42. The highest BCUT2D eigenvalue weighted by molar-refractivity contribution is 5.57. The van der Waals surface area contributed by atoms with E-state index in [1.807, 2.05) is 4.90 Å². The van der Waals surface area contributed by atoms with Crippen molar-refractivity contribution in [2.45, 2.75) is 96.6 Å². The molecular weight excluding hydrogens is 260 g/mol. The predicted molar refractivity (Wildman–Crippen MR) is 91.8 cm³/mol. The summed E-state index contributed by atoms with van der Waals surface area (Å²) in [5.41, 5.74) is 0. The molecule has 0 aliphatic carbocycles. The Morgan fingerprint density at radius 2 is 1.43 bits per heavy atom. The summed E-state index contributed by atoms with van der Waals surface area (Å²) in [7, 11) is 0. The van der Waals surface area contributed by atoms with Gasteiger partial charge in [0.2, 0.25) is 0 Å². The molecule has 1 aliphatic rings. The van der Waals surface area contributed by atoms with Gasteiger partial charge in [-0.05, 0) is 12.8 Å². The van der Waals surface area contributed by atoms with Crippen molar-refractivity contribution in [2.75, 3.05) is 13.1 Å². The molecule has 1 rings (SSSR count). The van der Waals surface area contributed by atoms with Crippen molar-refractivity contribution >= 4 is 6.34 Å². The molecule has 1 atom stereocenters. The maximum atomic E-state index is 9.94. The molecule has 1 aliphatic heterocycles. The Kier molecular flexibility index (Phi) is 11.5. The van der Waals surface area contributed by atoms with Crippen molar-refractivity contribution in [3.8, 4) is 0 Å². The molecule has 21 heavy (non-hydrogen) atoms. The monoisotopic (exact) mass is 296 g/mol. The average Bonchev–Trinajstić information content (AvgIpc) is 3.02. The topological polar surface area (TPSA) is 35.8 Å². The minimum atomic E-state index is -0.306. The first kappa shape index (κ1) is 18.5. The lowest BCUT2D eigenvalue weighted by molar-refractivity contribution is 0.0533. The molecule has 0 amide bonds. The highest BCUT2D eigenvalue weighted by Crippen LogP contribution is 2.14. The van der Waals surface area contributed by atoms with Crippen LogP contribution in [-0.4, -0.2) is 35.7 Å². The smallest absolute Gasteiger partial charge is 0.127 e. The number of aliphatic hydroxyl groups is 1. The summed E-state index contributed by atoms with van der Waals surface area (Å²) in [6, 6.07) is 0. The number of hydrogen-bond acceptors (Lipinski definition) is 3. The molecule has 3 heteroatoms. The molecule has 0 spiro atoms. The predicted octanol–water partition coefficient (Wildman–Crippen LogP) is 4.74. The molecule has 1 unspecified atom stereocenters. The van der Waals surface area contributed by atoms with Gasteiger partial charge >= 0.3 is 0 Å². The van der Waals surface area contributed by atoms with Crippen LogP contribution in [0.1, 0.15) is 90.4 Å². The molecule has 0 aromatic heterocycles. The van der Waals surface area contributed by atoms with Gasteiger partial charge < -0.3 is 10.0 Å². The Balaban J connectivity index is 1.75. The van der Waals surface area contributed by atoms with Crippen molar-refractivity contribution in [1.29, 1.82) is 0 Å². The average molecular weight is 296 g/mol. The maximum absolute atomic E-state index is 9.94. The maximum Gasteiger partial charge on any atom is 0.127 e. The van der Waals surface area contributed by atoms with E-state index >= 15 is 0 Å². The summed E-state index contributed by atoms with van der Waals surface area (Å²) in [4.78, 5) is 6.09. The molecule has 124 valence electrons. The van der Waals surface area contributed by atoms with Crippen LogP contribution in [0.4, 0.5) is 0 Å². The van der Waals surface area contributed by atoms with Crippen LogP contribution in [0.15, 0.2) is 4.99 Å². The van der Waals surface area contributed by atoms with Crippen LogP contribution in [0.5, 0.6) is 0 Å². The Bertz CT molecular complexity index is 256. The van der Waals surface area contributed by atoms with E-state index in [4.69, 9.17) is 0 Å². The highest BCUT2D eigenvalue weighted by Gasteiger charge is 2.14. The second-order valence-corrected chi connectivity index (χ2v) is 6.42. The van der Waals surface area contributed by atoms with Crippen LogP contribution in [0, 0.1) is 0 Å². The molecule has 0 aromatic carbocycles. The van der Waals surface area contributed by atoms with Gasteiger partial charge in [0.1, 0.15) is 6.23 Å². The number of nitrogens with zero attached hydrogens (tertiary/aromatic N) is 2. The largest absolute Gasteiger partial charge is 0.374 e. The fourth-order valence-corrected chi connectivity index (χ4v) is 2.95. The molecule has 1 heterocycles. The van der Waals surface area contributed by atoms with E-state index in [0.29, 0.717) is 0 Å². The van der Waals surface area contributed by atoms with Crippen molar-refractivity contribution in [3.05, 3.63) is 0 Å². The van der Waals surface area contributed by atoms with Gasteiger partial charge in [-0.2, -0.15) is 0 Å². The van der Waals surface area contributed by atoms with E-state index in [9.17, 15) is 5.11 Å². The minimum Gasteiger partial charge on any atom is -0.374 e. The van der Waals surface area contributed by atoms with Crippen LogP contribution < -0.4 is 0 Å². The van der Waals surface area contributed by atoms with Gasteiger partial charge in [-0.25, -0.2) is 0 Å². The van der Waals surface area contributed by atoms with Crippen LogP contribution in [-0.2, 0) is 0 Å². The Morgan fingerprint density at radius 1 is 0.905 bits per heavy atom. The molecule has 3 nitrogen and oxygen atoms in total. The van der Waals surface area contributed by atoms with E-state index in [-0.39, 0.29) is 6.23 Å². The molecule has 0 fully saturated rings. The second kappa shape index (κ2) is 13.1. The van der Waals surface area contributed by atoms with Gasteiger partial charge in [0.05, 0.1) is 12.9 Å². The normalized spacial score (nSPS) is 15.8. The van der Waals surface area contributed by atoms with Gasteiger partial charge in [0.25, 0.3) is 0 Å². The number of rotatable bonds is 14. The summed E-state index contributed by atoms with van der Waals surface area (Å²) >= 11 is 0. The SMILES string of the molecule is CCCCCCCCCCCCCCC(O)N1C=NCC1. The first-order chi connectivity index (χ1) is 10.3. The zero-order chi connectivity index (χ0) is 15.2. The van der Waals surface area contributed by atoms with Crippen molar-refractivity contribution in [3.63, 3.8) is 0 Å². The quantitative estimate of drug-likeness (QED) is 0.470. The van der Waals surface area contributed by atoms with Crippen LogP contribution in [0.25, 0.3) is 0 Å². The molecule has 0 aromatic rings. The molecular formula is C18H36N2O. The van der Waals surface area contributed by atoms with Crippen LogP contribution >= 0.6 is 0 Å². The first-order valence-corrected chi connectivity index (χ1v) is 9.28. The standard InChI is InChI=1S/C18H36N2O/c1-2-3-4-5-6-7-8-9-10-11-12-13-14-18(21)20-16-15-19-17-20/h17-18,21H,2-16H2,1H3. The number of hydrogen-bond donors (Lipinski definition) is 1. The van der Waals surface area contributed by atoms with Gasteiger partial charge in [-0.1, -0.05) is 77.6 Å². The summed E-state index contributed by atoms with van der Waals surface area (Å²) < 4.78 is 0. The summed E-state index contributed by atoms with van der Waals surface area (Å²) in [6.07, 6.45) is 18.8. The van der Waals surface area contributed by atoms with E-state index in [1.54, 1.807) is 6.34 Å². The highest BCUT2D eigenvalue weighted by atomic mass is 16.3. The van der Waals surface area contributed by atoms with Gasteiger partial charge in [-0.15, -0.1) is 0 Å². The van der Waals surface area contributed by atoms with E-state index in [1.165, 1.54) is 70.6 Å². The second-order valence-electron chi connectivity index (χ2n) is 6.42. The molecule has 0 bridgehead atoms. The van der Waals surface area contributed by atoms with E-state index in [0.717, 1.165) is 25.9 Å². The zero-order valence-electron chi connectivity index (χ0n) is 14.1. The third kappa shape index (κ3) is 9.89. The Hall–Kier alpha value is -0.570. The lowest BCUT2D eigenvalue weighted by atomic mass is 10.0. The molecule has 0 saturated carbocycles.